The Morgan fingerprint density at radius 2 is 0.480 bits per heavy atom. The first-order valence-electron chi connectivity index (χ1n) is 24.7. The molecule has 9 atom stereocenters. The van der Waals surface area contributed by atoms with Gasteiger partial charge in [0, 0.05) is 0 Å². The van der Waals surface area contributed by atoms with E-state index < -0.39 is 108 Å². The fraction of sp³-hybridized carbons (Fsp3) is 0.809. The van der Waals surface area contributed by atoms with Crippen LogP contribution in [0, 0.1) is 0 Å². The molecule has 0 aliphatic carbocycles. The van der Waals surface area contributed by atoms with Crippen molar-refractivity contribution >= 4 is 159 Å². The van der Waals surface area contributed by atoms with Gasteiger partial charge in [-0.1, -0.05) is 0 Å². The summed E-state index contributed by atoms with van der Waals surface area (Å²) in [7, 11) is 0. The number of thioether (sulfide) groups is 9. The molecule has 0 bridgehead atoms. The summed E-state index contributed by atoms with van der Waals surface area (Å²) in [5, 5.41) is 22.5. The number of ether oxygens (including phenoxy) is 1. The summed E-state index contributed by atoms with van der Waals surface area (Å²) in [4.78, 5) is 124. The molecule has 8 amide bonds. The number of carbonyl (C=O) groups is 9. The molecular formula is C47H87N9O10S9. The third kappa shape index (κ3) is 32.3. The van der Waals surface area contributed by atoms with Crippen LogP contribution in [-0.4, -0.2) is 222 Å². The molecule has 0 unspecified atom stereocenters. The summed E-state index contributed by atoms with van der Waals surface area (Å²) < 4.78 is 5.20. The summed E-state index contributed by atoms with van der Waals surface area (Å²) in [5.74, 6) is -0.525. The van der Waals surface area contributed by atoms with E-state index in [0.717, 1.165) is 0 Å². The fourth-order valence-electron chi connectivity index (χ4n) is 6.82. The highest BCUT2D eigenvalue weighted by Gasteiger charge is 2.35. The number of esters is 1. The lowest BCUT2D eigenvalue weighted by Gasteiger charge is -2.28. The van der Waals surface area contributed by atoms with Gasteiger partial charge in [0.15, 0.2) is 0 Å². The number of nitrogens with one attached hydrogen (secondary N) is 8. The normalized spacial score (nSPS) is 14.8. The zero-order valence-corrected chi connectivity index (χ0v) is 52.8. The molecule has 0 saturated carbocycles. The van der Waals surface area contributed by atoms with Gasteiger partial charge in [0.05, 0.1) is 12.6 Å². The van der Waals surface area contributed by atoms with Gasteiger partial charge in [0.25, 0.3) is 0 Å². The molecule has 75 heavy (non-hydrogen) atoms. The molecule has 19 nitrogen and oxygen atoms in total. The highest BCUT2D eigenvalue weighted by molar-refractivity contribution is 8.00. The highest BCUT2D eigenvalue weighted by Crippen LogP contribution is 2.13. The minimum Gasteiger partial charge on any atom is -0.464 e. The van der Waals surface area contributed by atoms with Crippen molar-refractivity contribution in [3.8, 4) is 0 Å². The van der Waals surface area contributed by atoms with Crippen LogP contribution in [0.5, 0.6) is 0 Å². The third-order valence-electron chi connectivity index (χ3n) is 11.2. The van der Waals surface area contributed by atoms with Crippen LogP contribution < -0.4 is 48.3 Å². The lowest BCUT2D eigenvalue weighted by atomic mass is 10.1. The number of hydrogen-bond donors (Lipinski definition) is 9. The summed E-state index contributed by atoms with van der Waals surface area (Å²) >= 11 is 13.4. The van der Waals surface area contributed by atoms with Crippen molar-refractivity contribution in [3.05, 3.63) is 0 Å². The maximum Gasteiger partial charge on any atom is 0.328 e. The average molecular weight is 1230 g/mol. The van der Waals surface area contributed by atoms with Crippen LogP contribution in [-0.2, 0) is 47.9 Å². The standard InChI is InChI=1S/C47H87N9O10S9/c1-11-66-47(65)38(20-29-75-10)56-46(64)37(19-28-74-9)55-45(63)36(18-27-73-8)54-44(62)35(17-26-72-7)53-43(61)34(16-25-71-6)52-42(60)33(15-24-70-5)51-41(59)32(14-23-69-4)50-40(58)31(13-22-68-3)49-39(57)30(48)12-21-67-2/h30-38H,11-29,48H2,1-10H3,(H,49,57)(H,50,58)(H,51,59)(H,52,60)(H,53,61)(H,54,62)(H,55,63)(H,56,64)/t30-,31-,32-,33-,34-,35-,36-,37-,38-/m0/s1. The number of amides is 8. The van der Waals surface area contributed by atoms with Gasteiger partial charge in [0.2, 0.25) is 47.3 Å². The first-order valence-corrected chi connectivity index (χ1v) is 37.3. The summed E-state index contributed by atoms with van der Waals surface area (Å²) in [6.45, 7) is 1.82. The fourth-order valence-corrected chi connectivity index (χ4v) is 11.1. The molecule has 0 spiro atoms. The second kappa shape index (κ2) is 46.1. The lowest BCUT2D eigenvalue weighted by Crippen LogP contribution is -2.60. The van der Waals surface area contributed by atoms with E-state index in [2.05, 4.69) is 42.5 Å². The van der Waals surface area contributed by atoms with Crippen LogP contribution in [0.4, 0.5) is 0 Å². The second-order valence-corrected chi connectivity index (χ2v) is 25.8. The van der Waals surface area contributed by atoms with Gasteiger partial charge >= 0.3 is 5.97 Å². The zero-order chi connectivity index (χ0) is 56.6. The van der Waals surface area contributed by atoms with Crippen molar-refractivity contribution in [2.45, 2.75) is 119 Å². The Bertz CT molecular complexity index is 1700. The largest absolute Gasteiger partial charge is 0.464 e. The molecule has 28 heteroatoms. The van der Waals surface area contributed by atoms with E-state index in [9.17, 15) is 43.2 Å². The minimum atomic E-state index is -1.13. The lowest BCUT2D eigenvalue weighted by molar-refractivity contribution is -0.147. The molecule has 0 heterocycles. The van der Waals surface area contributed by atoms with Crippen LogP contribution in [0.25, 0.3) is 0 Å². The number of nitrogens with two attached hydrogens (primary N) is 1. The van der Waals surface area contributed by atoms with Crippen LogP contribution in [0.1, 0.15) is 64.7 Å². The van der Waals surface area contributed by atoms with E-state index in [-0.39, 0.29) is 45.1 Å². The maximum atomic E-state index is 14.3. The molecule has 0 fully saturated rings. The van der Waals surface area contributed by atoms with Gasteiger partial charge < -0.3 is 53.0 Å². The maximum absolute atomic E-state index is 14.3. The van der Waals surface area contributed by atoms with Crippen molar-refractivity contribution < 1.29 is 47.9 Å². The molecule has 0 aromatic carbocycles. The van der Waals surface area contributed by atoms with Crippen molar-refractivity contribution in [2.24, 2.45) is 5.73 Å². The van der Waals surface area contributed by atoms with Crippen LogP contribution in [0.2, 0.25) is 0 Å². The molecule has 0 aromatic heterocycles. The molecule has 0 aromatic rings. The number of hydrogen-bond acceptors (Lipinski definition) is 20. The predicted octanol–water partition coefficient (Wildman–Crippen LogP) is 2.53. The van der Waals surface area contributed by atoms with E-state index in [1.807, 2.05) is 56.3 Å². The Balaban J connectivity index is 6.60. The van der Waals surface area contributed by atoms with E-state index in [4.69, 9.17) is 10.5 Å². The Labute approximate surface area is 485 Å². The first-order chi connectivity index (χ1) is 36.0. The topological polar surface area (TPSA) is 285 Å². The van der Waals surface area contributed by atoms with E-state index in [1.165, 1.54) is 94.1 Å². The molecule has 0 radical (unpaired) electrons. The molecule has 0 aliphatic heterocycles. The molecule has 0 rings (SSSR count). The van der Waals surface area contributed by atoms with Crippen LogP contribution in [0.15, 0.2) is 0 Å². The third-order valence-corrected chi connectivity index (χ3v) is 17.0. The Hall–Kier alpha value is -1.66. The Morgan fingerprint density at radius 1 is 0.307 bits per heavy atom. The van der Waals surface area contributed by atoms with Gasteiger partial charge in [-0.2, -0.15) is 106 Å². The van der Waals surface area contributed by atoms with Gasteiger partial charge in [-0.05, 0) is 173 Å². The van der Waals surface area contributed by atoms with Gasteiger partial charge in [-0.15, -0.1) is 0 Å². The monoisotopic (exact) mass is 1230 g/mol. The minimum absolute atomic E-state index is 0.140. The van der Waals surface area contributed by atoms with Gasteiger partial charge in [-0.3, -0.25) is 38.4 Å². The molecule has 0 aliphatic rings. The summed E-state index contributed by atoms with van der Waals surface area (Å²) in [6, 6.07) is -9.19. The Kier molecular flexibility index (Phi) is 45.1. The highest BCUT2D eigenvalue weighted by atomic mass is 32.2. The van der Waals surface area contributed by atoms with Crippen molar-refractivity contribution in [2.75, 3.05) is 115 Å². The number of rotatable bonds is 45. The van der Waals surface area contributed by atoms with Crippen LogP contribution >= 0.6 is 106 Å². The van der Waals surface area contributed by atoms with Gasteiger partial charge in [-0.25, -0.2) is 4.79 Å². The quantitative estimate of drug-likeness (QED) is 0.0396. The summed E-state index contributed by atoms with van der Waals surface area (Å²) in [5.41, 5.74) is 6.11. The van der Waals surface area contributed by atoms with Gasteiger partial charge in [0.1, 0.15) is 48.3 Å². The summed E-state index contributed by atoms with van der Waals surface area (Å²) in [6.07, 6.45) is 19.2. The SMILES string of the molecule is CCOC(=O)[C@H](CCSC)NC(=O)[C@H](CCSC)NC(=O)[C@H](CCSC)NC(=O)[C@H](CCSC)NC(=O)[C@H](CCSC)NC(=O)[C@H](CCSC)NC(=O)[C@H](CCSC)NC(=O)[C@H](CCSC)NC(=O)[C@@H](N)CCSC. The van der Waals surface area contributed by atoms with Crippen molar-refractivity contribution in [3.63, 3.8) is 0 Å². The van der Waals surface area contributed by atoms with E-state index in [1.54, 1.807) is 18.7 Å². The number of carbonyl (C=O) groups excluding carboxylic acids is 9. The molecule has 0 saturated heterocycles. The van der Waals surface area contributed by atoms with E-state index >= 15 is 0 Å². The van der Waals surface area contributed by atoms with Crippen molar-refractivity contribution in [1.29, 1.82) is 0 Å². The first kappa shape index (κ1) is 73.3. The van der Waals surface area contributed by atoms with Crippen molar-refractivity contribution in [1.82, 2.24) is 42.5 Å². The van der Waals surface area contributed by atoms with E-state index in [0.29, 0.717) is 71.0 Å². The average Bonchev–Trinajstić information content (AvgIpc) is 3.39. The zero-order valence-electron chi connectivity index (χ0n) is 45.5. The molecule has 10 N–H and O–H groups in total. The second-order valence-electron chi connectivity index (χ2n) is 16.9. The Morgan fingerprint density at radius 3 is 0.680 bits per heavy atom. The predicted molar refractivity (Wildman–Crippen MR) is 327 cm³/mol. The van der Waals surface area contributed by atoms with Crippen LogP contribution in [0.3, 0.4) is 0 Å². The molecular weight excluding hydrogens is 1140 g/mol. The smallest absolute Gasteiger partial charge is 0.328 e. The molecule has 434 valence electrons.